The van der Waals surface area contributed by atoms with E-state index in [1.165, 1.54) is 4.88 Å². The Morgan fingerprint density at radius 3 is 2.74 bits per heavy atom. The van der Waals surface area contributed by atoms with Crippen molar-refractivity contribution in [1.82, 2.24) is 19.4 Å². The lowest BCUT2D eigenvalue weighted by atomic mass is 9.99. The monoisotopic (exact) mass is 496 g/mol. The van der Waals surface area contributed by atoms with Gasteiger partial charge in [0.25, 0.3) is 5.56 Å². The molecule has 0 aromatic carbocycles. The Morgan fingerprint density at radius 1 is 1.17 bits per heavy atom. The topological polar surface area (TPSA) is 59.8 Å². The summed E-state index contributed by atoms with van der Waals surface area (Å²) in [7, 11) is 4.01. The summed E-state index contributed by atoms with van der Waals surface area (Å²) < 4.78 is 14.3. The molecule has 2 aliphatic rings. The quantitative estimate of drug-likeness (QED) is 0.514. The predicted molar refractivity (Wildman–Crippen MR) is 141 cm³/mol. The molecule has 0 amide bonds. The van der Waals surface area contributed by atoms with Crippen molar-refractivity contribution in [3.8, 4) is 16.9 Å². The number of likely N-dealkylation sites (N-methyl/N-ethyl adjacent to an activating group) is 1. The zero-order chi connectivity index (χ0) is 24.6. The molecule has 2 fully saturated rings. The van der Waals surface area contributed by atoms with Crippen LogP contribution in [0, 0.1) is 5.92 Å². The van der Waals surface area contributed by atoms with E-state index in [-0.39, 0.29) is 11.1 Å². The molecule has 188 valence electrons. The number of piperazine rings is 1. The van der Waals surface area contributed by atoms with Crippen LogP contribution in [0.1, 0.15) is 31.6 Å². The van der Waals surface area contributed by atoms with Gasteiger partial charge >= 0.3 is 0 Å². The summed E-state index contributed by atoms with van der Waals surface area (Å²) in [6.07, 6.45) is 7.65. The van der Waals surface area contributed by atoms with Gasteiger partial charge in [-0.1, -0.05) is 0 Å². The Morgan fingerprint density at radius 2 is 1.97 bits per heavy atom. The van der Waals surface area contributed by atoms with E-state index in [1.54, 1.807) is 22.1 Å². The summed E-state index contributed by atoms with van der Waals surface area (Å²) >= 11 is 1.73. The largest absolute Gasteiger partial charge is 0.492 e. The molecule has 3 aromatic heterocycles. The molecule has 0 radical (unpaired) electrons. The van der Waals surface area contributed by atoms with Gasteiger partial charge in [0.15, 0.2) is 0 Å². The van der Waals surface area contributed by atoms with E-state index in [4.69, 9.17) is 9.47 Å². The molecule has 0 unspecified atom stereocenters. The molecule has 0 N–H and O–H groups in total. The van der Waals surface area contributed by atoms with E-state index in [2.05, 4.69) is 47.8 Å². The Bertz CT molecular complexity index is 1240. The van der Waals surface area contributed by atoms with Crippen LogP contribution in [0.3, 0.4) is 0 Å². The number of nitrogens with zero attached hydrogens (tertiary/aromatic N) is 4. The first kappa shape index (κ1) is 24.4. The summed E-state index contributed by atoms with van der Waals surface area (Å²) in [6, 6.07) is 4.15. The second-order valence-electron chi connectivity index (χ2n) is 10.7. The highest BCUT2D eigenvalue weighted by atomic mass is 32.1. The predicted octanol–water partition coefficient (Wildman–Crippen LogP) is 3.99. The van der Waals surface area contributed by atoms with Crippen molar-refractivity contribution in [3.05, 3.63) is 46.0 Å². The minimum Gasteiger partial charge on any atom is -0.492 e. The Hall–Kier alpha value is -2.26. The van der Waals surface area contributed by atoms with Crippen LogP contribution in [0.25, 0.3) is 21.2 Å². The van der Waals surface area contributed by atoms with Crippen LogP contribution < -0.4 is 10.3 Å². The number of hydrogen-bond acceptors (Lipinski definition) is 7. The maximum Gasteiger partial charge on any atom is 0.259 e. The summed E-state index contributed by atoms with van der Waals surface area (Å²) in [5.41, 5.74) is 2.14. The van der Waals surface area contributed by atoms with Crippen molar-refractivity contribution in [2.24, 2.45) is 13.0 Å². The highest BCUT2D eigenvalue weighted by molar-refractivity contribution is 7.19. The number of aryl methyl sites for hydroxylation is 1. The average molecular weight is 497 g/mol. The van der Waals surface area contributed by atoms with E-state index in [9.17, 15) is 4.79 Å². The molecule has 2 aliphatic heterocycles. The van der Waals surface area contributed by atoms with E-state index < -0.39 is 0 Å². The zero-order valence-electron chi connectivity index (χ0n) is 21.2. The average Bonchev–Trinajstić information content (AvgIpc) is 3.26. The first-order valence-electron chi connectivity index (χ1n) is 12.5. The Kier molecular flexibility index (Phi) is 6.99. The van der Waals surface area contributed by atoms with Gasteiger partial charge in [-0.05, 0) is 51.8 Å². The Labute approximate surface area is 211 Å². The molecule has 8 heteroatoms. The second-order valence-corrected chi connectivity index (χ2v) is 11.8. The van der Waals surface area contributed by atoms with Gasteiger partial charge in [-0.3, -0.25) is 14.7 Å². The highest BCUT2D eigenvalue weighted by Gasteiger charge is 2.32. The number of hydrogen-bond donors (Lipinski definition) is 0. The molecule has 0 spiro atoms. The van der Waals surface area contributed by atoms with Crippen molar-refractivity contribution in [1.29, 1.82) is 0 Å². The molecule has 3 aromatic rings. The van der Waals surface area contributed by atoms with Crippen molar-refractivity contribution >= 4 is 21.4 Å². The minimum atomic E-state index is 0.0452. The van der Waals surface area contributed by atoms with Gasteiger partial charge in [0.1, 0.15) is 5.75 Å². The van der Waals surface area contributed by atoms with Crippen LogP contribution >= 0.6 is 11.3 Å². The van der Waals surface area contributed by atoms with E-state index in [1.807, 2.05) is 19.4 Å². The zero-order valence-corrected chi connectivity index (χ0v) is 22.1. The number of aromatic nitrogens is 2. The number of ether oxygens (including phenoxy) is 2. The third-order valence-electron chi connectivity index (χ3n) is 7.36. The standard InChI is InChI=1S/C27H36N4O3S/c1-27(2)18-29(3)7-8-31(27)15-22-12-23-25(35-22)24(16-30(4)26(23)32)20-11-21(14-28-13-20)34-17-19-5-9-33-10-6-19/h11-14,16,19H,5-10,15,17-18H2,1-4H3. The molecular weight excluding hydrogens is 460 g/mol. The number of rotatable bonds is 6. The van der Waals surface area contributed by atoms with Crippen molar-refractivity contribution in [3.63, 3.8) is 0 Å². The van der Waals surface area contributed by atoms with Gasteiger partial charge in [0.05, 0.1) is 18.2 Å². The molecule has 7 nitrogen and oxygen atoms in total. The second kappa shape index (κ2) is 10.0. The summed E-state index contributed by atoms with van der Waals surface area (Å²) in [5, 5.41) is 0.783. The fourth-order valence-electron chi connectivity index (χ4n) is 5.27. The normalized spacial score (nSPS) is 19.9. The van der Waals surface area contributed by atoms with Crippen LogP contribution in [0.5, 0.6) is 5.75 Å². The van der Waals surface area contributed by atoms with Gasteiger partial charge < -0.3 is 18.9 Å². The fraction of sp³-hybridized carbons (Fsp3) is 0.556. The fourth-order valence-corrected chi connectivity index (χ4v) is 6.47. The maximum absolute atomic E-state index is 13.0. The number of fused-ring (bicyclic) bond motifs is 1. The molecule has 5 rings (SSSR count). The summed E-state index contributed by atoms with van der Waals surface area (Å²) in [5.74, 6) is 1.29. The lowest BCUT2D eigenvalue weighted by Gasteiger charge is -2.46. The van der Waals surface area contributed by atoms with E-state index in [0.29, 0.717) is 12.5 Å². The van der Waals surface area contributed by atoms with Crippen LogP contribution in [0.4, 0.5) is 0 Å². The molecular formula is C27H36N4O3S. The Balaban J connectivity index is 1.43. The molecule has 5 heterocycles. The van der Waals surface area contributed by atoms with Crippen molar-refractivity contribution in [2.45, 2.75) is 38.8 Å². The molecule has 0 aliphatic carbocycles. The van der Waals surface area contributed by atoms with Crippen LogP contribution in [0.15, 0.2) is 35.5 Å². The highest BCUT2D eigenvalue weighted by Crippen LogP contribution is 2.35. The smallest absolute Gasteiger partial charge is 0.259 e. The van der Waals surface area contributed by atoms with Gasteiger partial charge in [0, 0.05) is 85.1 Å². The first-order valence-corrected chi connectivity index (χ1v) is 13.3. The summed E-state index contributed by atoms with van der Waals surface area (Å²) in [6.45, 7) is 10.9. The van der Waals surface area contributed by atoms with Gasteiger partial charge in [0.2, 0.25) is 0 Å². The molecule has 0 atom stereocenters. The van der Waals surface area contributed by atoms with E-state index in [0.717, 1.165) is 79.2 Å². The minimum absolute atomic E-state index is 0.0452. The third kappa shape index (κ3) is 5.31. The lowest BCUT2D eigenvalue weighted by Crippen LogP contribution is -2.57. The molecule has 2 saturated heterocycles. The number of thiophene rings is 1. The lowest BCUT2D eigenvalue weighted by molar-refractivity contribution is 0.0262. The maximum atomic E-state index is 13.0. The van der Waals surface area contributed by atoms with Gasteiger partial charge in [-0.15, -0.1) is 11.3 Å². The SMILES string of the molecule is CN1CCN(Cc2cc3c(=O)n(C)cc(-c4cncc(OCC5CCOCC5)c4)c3s2)C(C)(C)C1. The number of pyridine rings is 2. The molecule has 35 heavy (non-hydrogen) atoms. The third-order valence-corrected chi connectivity index (χ3v) is 8.52. The summed E-state index contributed by atoms with van der Waals surface area (Å²) in [4.78, 5) is 23.6. The van der Waals surface area contributed by atoms with Crippen LogP contribution in [-0.4, -0.2) is 71.4 Å². The van der Waals surface area contributed by atoms with Crippen LogP contribution in [-0.2, 0) is 18.3 Å². The van der Waals surface area contributed by atoms with Gasteiger partial charge in [-0.2, -0.15) is 0 Å². The van der Waals surface area contributed by atoms with Crippen molar-refractivity contribution < 1.29 is 9.47 Å². The van der Waals surface area contributed by atoms with Gasteiger partial charge in [-0.25, -0.2) is 0 Å². The van der Waals surface area contributed by atoms with Crippen LogP contribution in [0.2, 0.25) is 0 Å². The molecule has 0 saturated carbocycles. The van der Waals surface area contributed by atoms with E-state index >= 15 is 0 Å². The van der Waals surface area contributed by atoms with Crippen molar-refractivity contribution in [2.75, 3.05) is 46.5 Å². The molecule has 0 bridgehead atoms. The first-order chi connectivity index (χ1) is 16.8.